The van der Waals surface area contributed by atoms with Gasteiger partial charge in [-0.25, -0.2) is 0 Å². The summed E-state index contributed by atoms with van der Waals surface area (Å²) >= 11 is 11.8. The number of hydrogen-bond donors (Lipinski definition) is 1. The van der Waals surface area contributed by atoms with Gasteiger partial charge in [0.15, 0.2) is 11.5 Å². The number of halogens is 2. The first-order valence-corrected chi connectivity index (χ1v) is 6.21. The van der Waals surface area contributed by atoms with Crippen molar-refractivity contribution >= 4 is 29.0 Å². The maximum atomic E-state index is 12.1. The highest BCUT2D eigenvalue weighted by Crippen LogP contribution is 2.34. The molecule has 0 aromatic heterocycles. The normalized spacial score (nSPS) is 11.1. The molecule has 0 radical (unpaired) electrons. The fourth-order valence-electron chi connectivity index (χ4n) is 1.49. The Bertz CT molecular complexity index is 582. The van der Waals surface area contributed by atoms with Gasteiger partial charge in [0, 0.05) is 5.56 Å². The number of aromatic hydroxyl groups is 1. The van der Waals surface area contributed by atoms with Crippen LogP contribution in [-0.4, -0.2) is 15.4 Å². The largest absolute Gasteiger partial charge is 0.504 e. The molecule has 0 atom stereocenters. The second kappa shape index (κ2) is 5.51. The highest BCUT2D eigenvalue weighted by Gasteiger charge is 2.37. The quantitative estimate of drug-likeness (QED) is 0.690. The standard InChI is InChI=1S/C14H10Cl2O3/c15-14(16,13(18)10-6-2-1-3-7-10)19-12-9-5-4-8-11(12)17/h1-9,17H. The summed E-state index contributed by atoms with van der Waals surface area (Å²) in [5, 5.41) is 9.57. The van der Waals surface area contributed by atoms with Crippen LogP contribution in [-0.2, 0) is 0 Å². The molecule has 1 N–H and O–H groups in total. The van der Waals surface area contributed by atoms with Crippen LogP contribution in [0.5, 0.6) is 11.5 Å². The van der Waals surface area contributed by atoms with E-state index in [4.69, 9.17) is 27.9 Å². The smallest absolute Gasteiger partial charge is 0.323 e. The second-order valence-electron chi connectivity index (χ2n) is 3.78. The maximum Gasteiger partial charge on any atom is 0.323 e. The Hall–Kier alpha value is -1.71. The third-order valence-electron chi connectivity index (χ3n) is 2.40. The summed E-state index contributed by atoms with van der Waals surface area (Å²) in [7, 11) is 0. The molecule has 0 unspecified atom stereocenters. The number of alkyl halides is 2. The molecule has 0 saturated heterocycles. The second-order valence-corrected chi connectivity index (χ2v) is 5.04. The first-order valence-electron chi connectivity index (χ1n) is 5.45. The minimum atomic E-state index is -2.10. The van der Waals surface area contributed by atoms with Crippen molar-refractivity contribution in [2.75, 3.05) is 0 Å². The van der Waals surface area contributed by atoms with E-state index in [1.54, 1.807) is 42.5 Å². The van der Waals surface area contributed by atoms with Gasteiger partial charge in [-0.05, 0) is 35.3 Å². The number of para-hydroxylation sites is 2. The number of carbonyl (C=O) groups excluding carboxylic acids is 1. The van der Waals surface area contributed by atoms with E-state index >= 15 is 0 Å². The van der Waals surface area contributed by atoms with Crippen LogP contribution in [0.4, 0.5) is 0 Å². The van der Waals surface area contributed by atoms with E-state index in [1.807, 2.05) is 0 Å². The van der Waals surface area contributed by atoms with Gasteiger partial charge < -0.3 is 9.84 Å². The van der Waals surface area contributed by atoms with Gasteiger partial charge in [-0.3, -0.25) is 4.79 Å². The van der Waals surface area contributed by atoms with Crippen molar-refractivity contribution in [2.24, 2.45) is 0 Å². The number of carbonyl (C=O) groups is 1. The molecule has 2 aromatic carbocycles. The highest BCUT2D eigenvalue weighted by atomic mass is 35.5. The monoisotopic (exact) mass is 296 g/mol. The number of hydrogen-bond acceptors (Lipinski definition) is 3. The Labute approximate surface area is 120 Å². The minimum absolute atomic E-state index is 0.0387. The molecule has 0 fully saturated rings. The van der Waals surface area contributed by atoms with E-state index in [-0.39, 0.29) is 11.5 Å². The van der Waals surface area contributed by atoms with Crippen LogP contribution in [0.1, 0.15) is 10.4 Å². The lowest BCUT2D eigenvalue weighted by Gasteiger charge is -2.20. The van der Waals surface area contributed by atoms with Gasteiger partial charge in [0.25, 0.3) is 0 Å². The molecule has 0 aliphatic rings. The molecular weight excluding hydrogens is 287 g/mol. The lowest BCUT2D eigenvalue weighted by molar-refractivity contribution is 0.0836. The van der Waals surface area contributed by atoms with Crippen molar-refractivity contribution < 1.29 is 14.6 Å². The van der Waals surface area contributed by atoms with Crippen molar-refractivity contribution in [1.82, 2.24) is 0 Å². The Balaban J connectivity index is 2.24. The lowest BCUT2D eigenvalue weighted by atomic mass is 10.1. The first kappa shape index (κ1) is 13.7. The third kappa shape index (κ3) is 3.19. The van der Waals surface area contributed by atoms with E-state index in [0.29, 0.717) is 5.56 Å². The zero-order valence-electron chi connectivity index (χ0n) is 9.72. The van der Waals surface area contributed by atoms with Gasteiger partial charge in [-0.2, -0.15) is 0 Å². The number of Topliss-reactive ketones (excluding diaryl/α,β-unsaturated/α-hetero) is 1. The number of ether oxygens (including phenoxy) is 1. The van der Waals surface area contributed by atoms with Crippen LogP contribution in [0.25, 0.3) is 0 Å². The number of rotatable bonds is 4. The fraction of sp³-hybridized carbons (Fsp3) is 0.0714. The van der Waals surface area contributed by atoms with Crippen molar-refractivity contribution in [3.8, 4) is 11.5 Å². The summed E-state index contributed by atoms with van der Waals surface area (Å²) in [6.45, 7) is 0. The summed E-state index contributed by atoms with van der Waals surface area (Å²) in [5.41, 5.74) is 0.322. The molecule has 0 aliphatic heterocycles. The van der Waals surface area contributed by atoms with Gasteiger partial charge in [-0.15, -0.1) is 0 Å². The van der Waals surface area contributed by atoms with Gasteiger partial charge in [-0.1, -0.05) is 42.5 Å². The molecule has 0 spiro atoms. The summed E-state index contributed by atoms with van der Waals surface area (Å²) < 4.78 is 3.08. The zero-order chi connectivity index (χ0) is 13.9. The number of phenolic OH excluding ortho intramolecular Hbond substituents is 1. The topological polar surface area (TPSA) is 46.5 Å². The Morgan fingerprint density at radius 1 is 1.00 bits per heavy atom. The third-order valence-corrected chi connectivity index (χ3v) is 2.90. The van der Waals surface area contributed by atoms with Crippen LogP contribution >= 0.6 is 23.2 Å². The van der Waals surface area contributed by atoms with E-state index in [1.165, 1.54) is 12.1 Å². The molecule has 2 rings (SSSR count). The summed E-state index contributed by atoms with van der Waals surface area (Å²) in [4.78, 5) is 12.1. The zero-order valence-corrected chi connectivity index (χ0v) is 11.2. The predicted octanol–water partition coefficient (Wildman–Crippen LogP) is 3.79. The van der Waals surface area contributed by atoms with Gasteiger partial charge in [0.2, 0.25) is 5.78 Å². The van der Waals surface area contributed by atoms with Crippen LogP contribution in [0, 0.1) is 0 Å². The minimum Gasteiger partial charge on any atom is -0.504 e. The van der Waals surface area contributed by atoms with Crippen molar-refractivity contribution in [3.05, 3.63) is 60.2 Å². The molecule has 3 nitrogen and oxygen atoms in total. The van der Waals surface area contributed by atoms with Gasteiger partial charge >= 0.3 is 4.52 Å². The van der Waals surface area contributed by atoms with Crippen LogP contribution in [0.15, 0.2) is 54.6 Å². The molecule has 0 bridgehead atoms. The Morgan fingerprint density at radius 2 is 1.58 bits per heavy atom. The highest BCUT2D eigenvalue weighted by molar-refractivity contribution is 6.58. The molecule has 19 heavy (non-hydrogen) atoms. The molecule has 98 valence electrons. The van der Waals surface area contributed by atoms with E-state index in [2.05, 4.69) is 0 Å². The van der Waals surface area contributed by atoms with Gasteiger partial charge in [0.05, 0.1) is 0 Å². The maximum absolute atomic E-state index is 12.1. The number of benzene rings is 2. The van der Waals surface area contributed by atoms with Crippen molar-refractivity contribution in [1.29, 1.82) is 0 Å². The number of phenols is 1. The fourth-order valence-corrected chi connectivity index (χ4v) is 1.87. The molecule has 0 saturated carbocycles. The summed E-state index contributed by atoms with van der Waals surface area (Å²) in [5.74, 6) is -0.703. The Morgan fingerprint density at radius 3 is 2.21 bits per heavy atom. The van der Waals surface area contributed by atoms with Crippen molar-refractivity contribution in [2.45, 2.75) is 4.52 Å². The lowest BCUT2D eigenvalue weighted by Crippen LogP contribution is -2.32. The summed E-state index contributed by atoms with van der Waals surface area (Å²) in [6, 6.07) is 14.4. The van der Waals surface area contributed by atoms with Crippen LogP contribution < -0.4 is 4.74 Å². The average molecular weight is 297 g/mol. The molecular formula is C14H10Cl2O3. The summed E-state index contributed by atoms with van der Waals surface area (Å²) in [6.07, 6.45) is 0. The van der Waals surface area contributed by atoms with Gasteiger partial charge in [0.1, 0.15) is 0 Å². The van der Waals surface area contributed by atoms with Crippen molar-refractivity contribution in [3.63, 3.8) is 0 Å². The van der Waals surface area contributed by atoms with Crippen LogP contribution in [0.2, 0.25) is 0 Å². The van der Waals surface area contributed by atoms with Crippen LogP contribution in [0.3, 0.4) is 0 Å². The van der Waals surface area contributed by atoms with E-state index < -0.39 is 10.3 Å². The molecule has 0 amide bonds. The molecule has 2 aromatic rings. The van der Waals surface area contributed by atoms with E-state index in [0.717, 1.165) is 0 Å². The molecule has 0 aliphatic carbocycles. The number of ketones is 1. The molecule has 0 heterocycles. The average Bonchev–Trinajstić information content (AvgIpc) is 2.41. The van der Waals surface area contributed by atoms with E-state index in [9.17, 15) is 9.90 Å². The SMILES string of the molecule is O=C(c1ccccc1)C(Cl)(Cl)Oc1ccccc1O. The Kier molecular flexibility index (Phi) is 3.98. The molecule has 5 heteroatoms. The predicted molar refractivity (Wildman–Crippen MR) is 73.9 cm³/mol. The first-order chi connectivity index (χ1) is 9.00.